The van der Waals surface area contributed by atoms with Gasteiger partial charge in [-0.25, -0.2) is 4.98 Å². The first-order chi connectivity index (χ1) is 14.0. The van der Waals surface area contributed by atoms with Gasteiger partial charge in [-0.1, -0.05) is 36.1 Å². The summed E-state index contributed by atoms with van der Waals surface area (Å²) < 4.78 is 2.00. The Bertz CT molecular complexity index is 1000. The molecule has 2 amide bonds. The van der Waals surface area contributed by atoms with Crippen LogP contribution in [-0.2, 0) is 22.7 Å². The minimum Gasteiger partial charge on any atom is -0.322 e. The Morgan fingerprint density at radius 2 is 1.83 bits per heavy atom. The largest absolute Gasteiger partial charge is 0.322 e. The topological polar surface area (TPSA) is 79.0 Å². The molecule has 0 N–H and O–H groups in total. The fourth-order valence-corrected chi connectivity index (χ4v) is 4.23. The summed E-state index contributed by atoms with van der Waals surface area (Å²) in [5, 5.41) is 10.1. The zero-order chi connectivity index (χ0) is 20.8. The van der Waals surface area contributed by atoms with Gasteiger partial charge in [0.05, 0.1) is 29.4 Å². The molecule has 0 bridgehead atoms. The Morgan fingerprint density at radius 3 is 2.45 bits per heavy atom. The van der Waals surface area contributed by atoms with E-state index in [-0.39, 0.29) is 31.2 Å². The number of imide groups is 1. The molecule has 1 aliphatic rings. The second-order valence-corrected chi connectivity index (χ2v) is 7.74. The van der Waals surface area contributed by atoms with Crippen LogP contribution in [0.1, 0.15) is 36.7 Å². The molecule has 1 aromatic heterocycles. The van der Waals surface area contributed by atoms with Gasteiger partial charge < -0.3 is 4.57 Å². The van der Waals surface area contributed by atoms with Crippen molar-refractivity contribution in [3.05, 3.63) is 65.7 Å². The van der Waals surface area contributed by atoms with Crippen molar-refractivity contribution >= 4 is 23.6 Å². The number of rotatable bonds is 5. The monoisotopic (exact) mass is 406 g/mol. The van der Waals surface area contributed by atoms with Gasteiger partial charge in [-0.05, 0) is 37.6 Å². The van der Waals surface area contributed by atoms with E-state index in [9.17, 15) is 14.9 Å². The Hall–Kier alpha value is -3.11. The molecule has 29 heavy (non-hydrogen) atoms. The molecule has 0 radical (unpaired) electrons. The van der Waals surface area contributed by atoms with E-state index in [1.54, 1.807) is 30.5 Å². The number of aromatic nitrogens is 2. The lowest BCUT2D eigenvalue weighted by atomic mass is 10.2. The number of allylic oxidation sites excluding steroid dienone is 2. The summed E-state index contributed by atoms with van der Waals surface area (Å²) >= 11 is 1.52. The minimum absolute atomic E-state index is 0.144. The van der Waals surface area contributed by atoms with Gasteiger partial charge in [0.15, 0.2) is 0 Å². The van der Waals surface area contributed by atoms with Gasteiger partial charge in [-0.3, -0.25) is 14.5 Å². The zero-order valence-electron chi connectivity index (χ0n) is 16.5. The number of nitrogens with zero attached hydrogens (tertiary/aromatic N) is 4. The van der Waals surface area contributed by atoms with Crippen molar-refractivity contribution in [1.29, 1.82) is 5.26 Å². The molecule has 0 spiro atoms. The molecule has 0 fully saturated rings. The Labute approximate surface area is 174 Å². The van der Waals surface area contributed by atoms with Gasteiger partial charge in [0.2, 0.25) is 11.8 Å². The maximum atomic E-state index is 12.5. The third kappa shape index (κ3) is 5.04. The highest BCUT2D eigenvalue weighted by Gasteiger charge is 2.23. The lowest BCUT2D eigenvalue weighted by Gasteiger charge is -2.20. The SMILES string of the molecule is CCn1c(Sc2cc(C)cc(C#N)c2)cnc1CN1C(=O)C/C=C\C=C/CC1=O. The third-order valence-corrected chi connectivity index (χ3v) is 5.50. The predicted octanol–water partition coefficient (Wildman–Crippen LogP) is 4.00. The standard InChI is InChI=1S/C22H22N4O2S/c1-3-25-19(15-26-20(27)8-6-4-5-7-9-21(26)28)24-14-22(25)29-18-11-16(2)10-17(12-18)13-23/h4-7,10-12,14H,3,8-9,15H2,1-2H3/b6-4-,7-5-. The highest BCUT2D eigenvalue weighted by molar-refractivity contribution is 7.99. The normalized spacial score (nSPS) is 16.7. The fraction of sp³-hybridized carbons (Fsp3) is 0.273. The summed E-state index contributed by atoms with van der Waals surface area (Å²) in [6, 6.07) is 7.89. The summed E-state index contributed by atoms with van der Waals surface area (Å²) in [5.41, 5.74) is 1.63. The predicted molar refractivity (Wildman–Crippen MR) is 111 cm³/mol. The highest BCUT2D eigenvalue weighted by atomic mass is 32.2. The van der Waals surface area contributed by atoms with Crippen LogP contribution in [0.4, 0.5) is 0 Å². The molecule has 0 saturated heterocycles. The number of carbonyl (C=O) groups excluding carboxylic acids is 2. The Balaban J connectivity index is 1.85. The van der Waals surface area contributed by atoms with E-state index in [1.165, 1.54) is 16.7 Å². The van der Waals surface area contributed by atoms with Crippen LogP contribution in [0.15, 0.2) is 58.6 Å². The zero-order valence-corrected chi connectivity index (χ0v) is 17.3. The van der Waals surface area contributed by atoms with Crippen molar-refractivity contribution < 1.29 is 9.59 Å². The molecule has 0 unspecified atom stereocenters. The Morgan fingerprint density at radius 1 is 1.14 bits per heavy atom. The van der Waals surface area contributed by atoms with Crippen LogP contribution in [0.25, 0.3) is 0 Å². The number of nitriles is 1. The van der Waals surface area contributed by atoms with E-state index in [2.05, 4.69) is 11.1 Å². The first kappa shape index (κ1) is 20.6. The minimum atomic E-state index is -0.229. The van der Waals surface area contributed by atoms with E-state index < -0.39 is 0 Å². The molecule has 2 aromatic rings. The lowest BCUT2D eigenvalue weighted by molar-refractivity contribution is -0.144. The molecule has 0 saturated carbocycles. The summed E-state index contributed by atoms with van der Waals surface area (Å²) in [6.07, 6.45) is 9.20. The van der Waals surface area contributed by atoms with Gasteiger partial charge in [0.25, 0.3) is 0 Å². The number of benzene rings is 1. The van der Waals surface area contributed by atoms with Crippen molar-refractivity contribution in [2.24, 2.45) is 0 Å². The molecule has 3 rings (SSSR count). The second kappa shape index (κ2) is 9.39. The fourth-order valence-electron chi connectivity index (χ4n) is 3.11. The molecule has 1 aliphatic heterocycles. The van der Waals surface area contributed by atoms with E-state index in [0.29, 0.717) is 17.9 Å². The van der Waals surface area contributed by atoms with Crippen LogP contribution in [-0.4, -0.2) is 26.3 Å². The summed E-state index contributed by atoms with van der Waals surface area (Å²) in [7, 11) is 0. The van der Waals surface area contributed by atoms with Gasteiger partial charge in [0, 0.05) is 24.3 Å². The summed E-state index contributed by atoms with van der Waals surface area (Å²) in [5.74, 6) is 0.205. The number of imidazole rings is 1. The van der Waals surface area contributed by atoms with Crippen LogP contribution in [0.2, 0.25) is 0 Å². The maximum Gasteiger partial charge on any atom is 0.233 e. The van der Waals surface area contributed by atoms with Gasteiger partial charge >= 0.3 is 0 Å². The van der Waals surface area contributed by atoms with Gasteiger partial charge in [0.1, 0.15) is 5.82 Å². The Kier molecular flexibility index (Phi) is 6.68. The first-order valence-electron chi connectivity index (χ1n) is 9.40. The van der Waals surface area contributed by atoms with E-state index in [1.807, 2.05) is 36.6 Å². The van der Waals surface area contributed by atoms with Crippen molar-refractivity contribution in [3.63, 3.8) is 0 Å². The molecule has 0 aliphatic carbocycles. The number of hydrogen-bond donors (Lipinski definition) is 0. The molecule has 7 heteroatoms. The summed E-state index contributed by atoms with van der Waals surface area (Å²) in [4.78, 5) is 31.7. The quantitative estimate of drug-likeness (QED) is 0.702. The number of hydrogen-bond acceptors (Lipinski definition) is 5. The van der Waals surface area contributed by atoms with Gasteiger partial charge in [-0.15, -0.1) is 0 Å². The third-order valence-electron chi connectivity index (χ3n) is 4.49. The van der Waals surface area contributed by atoms with Crippen LogP contribution in [0.3, 0.4) is 0 Å². The van der Waals surface area contributed by atoms with Crippen LogP contribution < -0.4 is 0 Å². The van der Waals surface area contributed by atoms with Gasteiger partial charge in [-0.2, -0.15) is 5.26 Å². The van der Waals surface area contributed by atoms with Crippen molar-refractivity contribution in [2.75, 3.05) is 0 Å². The highest BCUT2D eigenvalue weighted by Crippen LogP contribution is 2.30. The number of carbonyl (C=O) groups is 2. The second-order valence-electron chi connectivity index (χ2n) is 6.64. The van der Waals surface area contributed by atoms with Crippen LogP contribution >= 0.6 is 11.8 Å². The van der Waals surface area contributed by atoms with Crippen LogP contribution in [0.5, 0.6) is 0 Å². The molecule has 0 atom stereocenters. The van der Waals surface area contributed by atoms with Crippen molar-refractivity contribution in [2.45, 2.75) is 49.7 Å². The van der Waals surface area contributed by atoms with E-state index in [0.717, 1.165) is 15.5 Å². The van der Waals surface area contributed by atoms with Crippen molar-refractivity contribution in [3.8, 4) is 6.07 Å². The number of aryl methyl sites for hydroxylation is 1. The molecule has 2 heterocycles. The van der Waals surface area contributed by atoms with Crippen LogP contribution in [0, 0.1) is 18.3 Å². The maximum absolute atomic E-state index is 12.5. The van der Waals surface area contributed by atoms with Crippen molar-refractivity contribution in [1.82, 2.24) is 14.5 Å². The molecular formula is C22H22N4O2S. The average molecular weight is 407 g/mol. The van der Waals surface area contributed by atoms with E-state index in [4.69, 9.17) is 0 Å². The molecular weight excluding hydrogens is 384 g/mol. The summed E-state index contributed by atoms with van der Waals surface area (Å²) in [6.45, 7) is 4.76. The molecule has 148 valence electrons. The number of amides is 2. The van der Waals surface area contributed by atoms with E-state index >= 15 is 0 Å². The molecule has 6 nitrogen and oxygen atoms in total. The lowest BCUT2D eigenvalue weighted by Crippen LogP contribution is -2.36. The molecule has 1 aromatic carbocycles. The average Bonchev–Trinajstić information content (AvgIpc) is 3.10. The first-order valence-corrected chi connectivity index (χ1v) is 10.2. The smallest absolute Gasteiger partial charge is 0.233 e.